The maximum Gasteiger partial charge on any atom is 0.280 e. The molecule has 0 spiro atoms. The van der Waals surface area contributed by atoms with Gasteiger partial charge in [-0.3, -0.25) is 14.5 Å². The highest BCUT2D eigenvalue weighted by Gasteiger charge is 2.16. The van der Waals surface area contributed by atoms with Crippen LogP contribution in [0.5, 0.6) is 0 Å². The van der Waals surface area contributed by atoms with E-state index >= 15 is 0 Å². The first-order chi connectivity index (χ1) is 15.2. The molecule has 154 valence electrons. The van der Waals surface area contributed by atoms with E-state index in [1.807, 2.05) is 37.4 Å². The summed E-state index contributed by atoms with van der Waals surface area (Å²) >= 11 is 0. The zero-order valence-electron chi connectivity index (χ0n) is 16.5. The highest BCUT2D eigenvalue weighted by atomic mass is 16.5. The predicted molar refractivity (Wildman–Crippen MR) is 110 cm³/mol. The first kappa shape index (κ1) is 18.6. The van der Waals surface area contributed by atoms with Gasteiger partial charge in [0.2, 0.25) is 5.82 Å². The number of carbonyl (C=O) groups excluding carboxylic acids is 1. The van der Waals surface area contributed by atoms with Crippen molar-refractivity contribution in [1.29, 1.82) is 0 Å². The quantitative estimate of drug-likeness (QED) is 0.444. The SMILES string of the molecule is Cn1nc(C(=O)NCCn2cc(-c3nc(-c4cccnc4)no3)nn2)c2ccccc21. The number of benzene rings is 1. The Morgan fingerprint density at radius 3 is 2.97 bits per heavy atom. The third-order valence-corrected chi connectivity index (χ3v) is 4.70. The molecule has 0 unspecified atom stereocenters. The largest absolute Gasteiger partial charge is 0.349 e. The predicted octanol–water partition coefficient (Wildman–Crippen LogP) is 1.71. The van der Waals surface area contributed by atoms with Crippen molar-refractivity contribution >= 4 is 16.8 Å². The number of nitrogens with zero attached hydrogens (tertiary/aromatic N) is 8. The minimum atomic E-state index is -0.241. The van der Waals surface area contributed by atoms with Crippen LogP contribution in [-0.2, 0) is 13.6 Å². The summed E-state index contributed by atoms with van der Waals surface area (Å²) in [5, 5.41) is 20.1. The van der Waals surface area contributed by atoms with E-state index in [0.29, 0.717) is 30.3 Å². The van der Waals surface area contributed by atoms with E-state index in [0.717, 1.165) is 16.5 Å². The van der Waals surface area contributed by atoms with Gasteiger partial charge >= 0.3 is 0 Å². The average molecular weight is 415 g/mol. The fourth-order valence-electron chi connectivity index (χ4n) is 3.19. The molecule has 4 aromatic heterocycles. The molecule has 0 aliphatic rings. The normalized spacial score (nSPS) is 11.1. The van der Waals surface area contributed by atoms with Crippen LogP contribution >= 0.6 is 0 Å². The van der Waals surface area contributed by atoms with E-state index in [4.69, 9.17) is 4.52 Å². The molecule has 0 bridgehead atoms. The van der Waals surface area contributed by atoms with Gasteiger partial charge in [0, 0.05) is 36.9 Å². The number of carbonyl (C=O) groups is 1. The van der Waals surface area contributed by atoms with Gasteiger partial charge in [-0.2, -0.15) is 10.1 Å². The van der Waals surface area contributed by atoms with Crippen LogP contribution in [-0.4, -0.2) is 52.4 Å². The number of fused-ring (bicyclic) bond motifs is 1. The second-order valence-corrected chi connectivity index (χ2v) is 6.78. The van der Waals surface area contributed by atoms with Crippen molar-refractivity contribution in [3.05, 3.63) is 60.7 Å². The zero-order chi connectivity index (χ0) is 21.2. The van der Waals surface area contributed by atoms with Gasteiger partial charge in [-0.15, -0.1) is 5.10 Å². The van der Waals surface area contributed by atoms with Gasteiger partial charge in [-0.05, 0) is 18.2 Å². The minimum Gasteiger partial charge on any atom is -0.349 e. The van der Waals surface area contributed by atoms with Crippen molar-refractivity contribution in [1.82, 2.24) is 45.2 Å². The number of para-hydroxylation sites is 1. The Balaban J connectivity index is 1.23. The number of hydrogen-bond donors (Lipinski definition) is 1. The third-order valence-electron chi connectivity index (χ3n) is 4.70. The molecule has 0 aliphatic heterocycles. The van der Waals surface area contributed by atoms with E-state index < -0.39 is 0 Å². The molecule has 31 heavy (non-hydrogen) atoms. The first-order valence-corrected chi connectivity index (χ1v) is 9.53. The summed E-state index contributed by atoms with van der Waals surface area (Å²) in [6.45, 7) is 0.782. The molecule has 0 atom stereocenters. The Morgan fingerprint density at radius 2 is 2.10 bits per heavy atom. The molecule has 0 saturated carbocycles. The van der Waals surface area contributed by atoms with Crippen LogP contribution in [0.3, 0.4) is 0 Å². The van der Waals surface area contributed by atoms with Gasteiger partial charge in [-0.1, -0.05) is 28.6 Å². The molecule has 5 rings (SSSR count). The van der Waals surface area contributed by atoms with Gasteiger partial charge < -0.3 is 9.84 Å². The molecule has 0 fully saturated rings. The number of aromatic nitrogens is 8. The number of pyridine rings is 1. The molecule has 4 heterocycles. The Hall–Kier alpha value is -4.41. The molecule has 1 N–H and O–H groups in total. The van der Waals surface area contributed by atoms with E-state index in [1.54, 1.807) is 34.0 Å². The lowest BCUT2D eigenvalue weighted by atomic mass is 10.2. The Kier molecular flexibility index (Phi) is 4.67. The standard InChI is InChI=1S/C20H17N9O2/c1-28-16-7-3-2-6-14(16)17(25-28)19(30)22-9-10-29-12-15(24-27-29)20-23-18(26-31-20)13-5-4-8-21-11-13/h2-8,11-12H,9-10H2,1H3,(H,22,30). The highest BCUT2D eigenvalue weighted by molar-refractivity contribution is 6.04. The number of aryl methyl sites for hydroxylation is 1. The second-order valence-electron chi connectivity index (χ2n) is 6.78. The summed E-state index contributed by atoms with van der Waals surface area (Å²) in [4.78, 5) is 20.9. The van der Waals surface area contributed by atoms with Crippen molar-refractivity contribution in [2.75, 3.05) is 6.54 Å². The number of hydrogen-bond acceptors (Lipinski definition) is 8. The Labute approximate surface area is 175 Å². The minimum absolute atomic E-state index is 0.241. The monoisotopic (exact) mass is 415 g/mol. The Morgan fingerprint density at radius 1 is 1.19 bits per heavy atom. The summed E-state index contributed by atoms with van der Waals surface area (Å²) in [5.74, 6) is 0.441. The van der Waals surface area contributed by atoms with E-state index in [1.165, 1.54) is 0 Å². The smallest absolute Gasteiger partial charge is 0.280 e. The van der Waals surface area contributed by atoms with Gasteiger partial charge in [0.1, 0.15) is 0 Å². The molecule has 0 saturated heterocycles. The summed E-state index contributed by atoms with van der Waals surface area (Å²) < 4.78 is 8.57. The lowest BCUT2D eigenvalue weighted by Gasteiger charge is -2.03. The summed E-state index contributed by atoms with van der Waals surface area (Å²) in [5.41, 5.74) is 2.49. The van der Waals surface area contributed by atoms with Crippen LogP contribution in [0.15, 0.2) is 59.5 Å². The van der Waals surface area contributed by atoms with Crippen LogP contribution in [0.25, 0.3) is 33.9 Å². The fourth-order valence-corrected chi connectivity index (χ4v) is 3.19. The van der Waals surface area contributed by atoms with Crippen molar-refractivity contribution < 1.29 is 9.32 Å². The summed E-state index contributed by atoms with van der Waals surface area (Å²) in [7, 11) is 1.81. The highest BCUT2D eigenvalue weighted by Crippen LogP contribution is 2.20. The van der Waals surface area contributed by atoms with Gasteiger partial charge in [-0.25, -0.2) is 4.68 Å². The maximum absolute atomic E-state index is 12.6. The van der Waals surface area contributed by atoms with Crippen LogP contribution < -0.4 is 5.32 Å². The van der Waals surface area contributed by atoms with Crippen molar-refractivity contribution in [3.8, 4) is 23.0 Å². The average Bonchev–Trinajstić information content (AvgIpc) is 3.54. The lowest BCUT2D eigenvalue weighted by Crippen LogP contribution is -2.28. The Bertz CT molecular complexity index is 1350. The topological polar surface area (TPSA) is 129 Å². The van der Waals surface area contributed by atoms with Gasteiger partial charge in [0.25, 0.3) is 11.8 Å². The molecular weight excluding hydrogens is 398 g/mol. The lowest BCUT2D eigenvalue weighted by molar-refractivity contribution is 0.0947. The van der Waals surface area contributed by atoms with Gasteiger partial charge in [0.15, 0.2) is 11.4 Å². The molecule has 0 radical (unpaired) electrons. The molecule has 11 nitrogen and oxygen atoms in total. The van der Waals surface area contributed by atoms with Crippen molar-refractivity contribution in [2.45, 2.75) is 6.54 Å². The van der Waals surface area contributed by atoms with E-state index in [9.17, 15) is 4.79 Å². The maximum atomic E-state index is 12.6. The van der Waals surface area contributed by atoms with Crippen molar-refractivity contribution in [2.24, 2.45) is 7.05 Å². The van der Waals surface area contributed by atoms with Gasteiger partial charge in [0.05, 0.1) is 18.3 Å². The zero-order valence-corrected chi connectivity index (χ0v) is 16.5. The fraction of sp³-hybridized carbons (Fsp3) is 0.150. The molecule has 1 amide bonds. The van der Waals surface area contributed by atoms with Crippen LogP contribution in [0.4, 0.5) is 0 Å². The molecule has 5 aromatic rings. The molecule has 1 aromatic carbocycles. The van der Waals surface area contributed by atoms with Crippen LogP contribution in [0.1, 0.15) is 10.5 Å². The second kappa shape index (κ2) is 7.78. The first-order valence-electron chi connectivity index (χ1n) is 9.53. The van der Waals surface area contributed by atoms with Crippen LogP contribution in [0.2, 0.25) is 0 Å². The van der Waals surface area contributed by atoms with Crippen molar-refractivity contribution in [3.63, 3.8) is 0 Å². The number of amides is 1. The van der Waals surface area contributed by atoms with E-state index in [-0.39, 0.29) is 11.8 Å². The number of rotatable bonds is 6. The third kappa shape index (κ3) is 3.64. The molecular formula is C20H17N9O2. The summed E-state index contributed by atoms with van der Waals surface area (Å²) in [6.07, 6.45) is 5.01. The van der Waals surface area contributed by atoms with E-state index in [2.05, 4.69) is 35.9 Å². The number of nitrogens with one attached hydrogen (secondary N) is 1. The van der Waals surface area contributed by atoms with Crippen LogP contribution in [0, 0.1) is 0 Å². The molecule has 0 aliphatic carbocycles. The summed E-state index contributed by atoms with van der Waals surface area (Å²) in [6, 6.07) is 11.2. The molecule has 11 heteroatoms.